The van der Waals surface area contributed by atoms with Crippen LogP contribution in [0.1, 0.15) is 23.2 Å². The largest absolute Gasteiger partial charge is 0.355 e. The lowest BCUT2D eigenvalue weighted by molar-refractivity contribution is -0.121. The van der Waals surface area contributed by atoms with Crippen LogP contribution < -0.4 is 16.4 Å². The van der Waals surface area contributed by atoms with Gasteiger partial charge < -0.3 is 16.4 Å². The van der Waals surface area contributed by atoms with E-state index in [9.17, 15) is 18.4 Å². The number of nitrogens with one attached hydrogen (secondary N) is 2. The van der Waals surface area contributed by atoms with Crippen LogP contribution in [0.4, 0.5) is 8.78 Å². The van der Waals surface area contributed by atoms with Crippen molar-refractivity contribution in [2.75, 3.05) is 19.6 Å². The monoisotopic (exact) mass is 321 g/mol. The van der Waals surface area contributed by atoms with Gasteiger partial charge in [-0.05, 0) is 18.6 Å². The van der Waals surface area contributed by atoms with Crippen LogP contribution in [0.3, 0.4) is 0 Å². The third kappa shape index (κ3) is 7.01. The molecule has 1 aromatic carbocycles. The van der Waals surface area contributed by atoms with E-state index in [1.165, 1.54) is 0 Å². The predicted octanol–water partition coefficient (Wildman–Crippen LogP) is 0.972. The van der Waals surface area contributed by atoms with E-state index in [-0.39, 0.29) is 36.8 Å². The van der Waals surface area contributed by atoms with Gasteiger partial charge in [0, 0.05) is 32.1 Å². The fourth-order valence-electron chi connectivity index (χ4n) is 1.52. The lowest BCUT2D eigenvalue weighted by Gasteiger charge is -2.06. The fourth-order valence-corrected chi connectivity index (χ4v) is 1.52. The summed E-state index contributed by atoms with van der Waals surface area (Å²) in [6.45, 7) is 1.00. The quantitative estimate of drug-likeness (QED) is 0.654. The lowest BCUT2D eigenvalue weighted by atomic mass is 10.2. The Kier molecular flexibility index (Phi) is 9.23. The molecular weight excluding hydrogens is 304 g/mol. The third-order valence-corrected chi connectivity index (χ3v) is 2.51. The van der Waals surface area contributed by atoms with E-state index in [4.69, 9.17) is 5.73 Å². The summed E-state index contributed by atoms with van der Waals surface area (Å²) in [4.78, 5) is 22.8. The summed E-state index contributed by atoms with van der Waals surface area (Å²) in [7, 11) is 0. The van der Waals surface area contributed by atoms with Gasteiger partial charge in [-0.15, -0.1) is 12.4 Å². The molecule has 0 aromatic heterocycles. The van der Waals surface area contributed by atoms with Crippen LogP contribution in [0.15, 0.2) is 18.2 Å². The van der Waals surface area contributed by atoms with Gasteiger partial charge in [-0.3, -0.25) is 9.59 Å². The van der Waals surface area contributed by atoms with Crippen LogP contribution in [0.25, 0.3) is 0 Å². The summed E-state index contributed by atoms with van der Waals surface area (Å²) in [5.41, 5.74) is 5.00. The zero-order chi connectivity index (χ0) is 15.0. The van der Waals surface area contributed by atoms with Crippen LogP contribution in [0.5, 0.6) is 0 Å². The number of carbonyl (C=O) groups is 2. The predicted molar refractivity (Wildman–Crippen MR) is 77.2 cm³/mol. The van der Waals surface area contributed by atoms with Gasteiger partial charge in [0.05, 0.1) is 5.56 Å². The van der Waals surface area contributed by atoms with Crippen molar-refractivity contribution in [3.05, 3.63) is 35.4 Å². The van der Waals surface area contributed by atoms with Crippen molar-refractivity contribution in [3.63, 3.8) is 0 Å². The Hall–Kier alpha value is -1.73. The molecular formula is C13H18ClF2N3O2. The van der Waals surface area contributed by atoms with Crippen LogP contribution in [0.2, 0.25) is 0 Å². The average Bonchev–Trinajstić information content (AvgIpc) is 2.41. The molecule has 0 radical (unpaired) electrons. The molecule has 0 fully saturated rings. The first kappa shape index (κ1) is 19.3. The minimum atomic E-state index is -0.914. The first-order valence-corrected chi connectivity index (χ1v) is 6.24. The van der Waals surface area contributed by atoms with E-state index in [2.05, 4.69) is 10.6 Å². The van der Waals surface area contributed by atoms with Gasteiger partial charge in [-0.25, -0.2) is 8.78 Å². The molecule has 0 spiro atoms. The Labute approximate surface area is 127 Å². The van der Waals surface area contributed by atoms with E-state index >= 15 is 0 Å². The number of nitrogens with two attached hydrogens (primary N) is 1. The first-order valence-electron chi connectivity index (χ1n) is 6.24. The Bertz CT molecular complexity index is 486. The molecule has 0 heterocycles. The normalized spacial score (nSPS) is 9.67. The molecule has 0 bridgehead atoms. The van der Waals surface area contributed by atoms with E-state index in [0.717, 1.165) is 12.1 Å². The van der Waals surface area contributed by atoms with Gasteiger partial charge in [-0.1, -0.05) is 0 Å². The second-order valence-corrected chi connectivity index (χ2v) is 4.12. The second-order valence-electron chi connectivity index (χ2n) is 4.12. The summed E-state index contributed by atoms with van der Waals surface area (Å²) in [5, 5.41) is 5.05. The minimum Gasteiger partial charge on any atom is -0.355 e. The van der Waals surface area contributed by atoms with Crippen LogP contribution in [0, 0.1) is 11.6 Å². The summed E-state index contributed by atoms with van der Waals surface area (Å²) >= 11 is 0. The van der Waals surface area contributed by atoms with Crippen molar-refractivity contribution in [3.8, 4) is 0 Å². The SMILES string of the molecule is Cl.NCCNC(=O)CCCNC(=O)c1ccc(F)cc1F. The van der Waals surface area contributed by atoms with Crippen molar-refractivity contribution in [2.45, 2.75) is 12.8 Å². The Balaban J connectivity index is 0.00000400. The van der Waals surface area contributed by atoms with Gasteiger partial charge >= 0.3 is 0 Å². The van der Waals surface area contributed by atoms with Crippen molar-refractivity contribution >= 4 is 24.2 Å². The number of carbonyl (C=O) groups excluding carboxylic acids is 2. The van der Waals surface area contributed by atoms with Crippen molar-refractivity contribution in [2.24, 2.45) is 5.73 Å². The third-order valence-electron chi connectivity index (χ3n) is 2.51. The highest BCUT2D eigenvalue weighted by Crippen LogP contribution is 2.09. The van der Waals surface area contributed by atoms with E-state index in [1.807, 2.05) is 0 Å². The summed E-state index contributed by atoms with van der Waals surface area (Å²) in [6.07, 6.45) is 0.664. The van der Waals surface area contributed by atoms with Gasteiger partial charge in [0.25, 0.3) is 5.91 Å². The van der Waals surface area contributed by atoms with E-state index in [1.54, 1.807) is 0 Å². The number of hydrogen-bond acceptors (Lipinski definition) is 3. The Morgan fingerprint density at radius 3 is 2.48 bits per heavy atom. The highest BCUT2D eigenvalue weighted by Gasteiger charge is 2.11. The average molecular weight is 322 g/mol. The Morgan fingerprint density at radius 2 is 1.86 bits per heavy atom. The molecule has 0 unspecified atom stereocenters. The molecule has 2 amide bonds. The van der Waals surface area contributed by atoms with Gasteiger partial charge in [0.15, 0.2) is 0 Å². The molecule has 118 valence electrons. The van der Waals surface area contributed by atoms with Crippen molar-refractivity contribution < 1.29 is 18.4 Å². The first-order chi connectivity index (χ1) is 9.54. The van der Waals surface area contributed by atoms with E-state index < -0.39 is 17.5 Å². The molecule has 1 rings (SSSR count). The zero-order valence-electron chi connectivity index (χ0n) is 11.3. The fraction of sp³-hybridized carbons (Fsp3) is 0.385. The van der Waals surface area contributed by atoms with E-state index in [0.29, 0.717) is 25.6 Å². The number of benzene rings is 1. The molecule has 5 nitrogen and oxygen atoms in total. The highest BCUT2D eigenvalue weighted by atomic mass is 35.5. The van der Waals surface area contributed by atoms with Crippen LogP contribution in [-0.2, 0) is 4.79 Å². The lowest BCUT2D eigenvalue weighted by Crippen LogP contribution is -2.30. The molecule has 0 aliphatic carbocycles. The maximum atomic E-state index is 13.3. The van der Waals surface area contributed by atoms with Gasteiger partial charge in [-0.2, -0.15) is 0 Å². The van der Waals surface area contributed by atoms with Crippen molar-refractivity contribution in [1.82, 2.24) is 10.6 Å². The van der Waals surface area contributed by atoms with Crippen LogP contribution >= 0.6 is 12.4 Å². The smallest absolute Gasteiger partial charge is 0.254 e. The molecule has 0 saturated carbocycles. The van der Waals surface area contributed by atoms with Gasteiger partial charge in [0.2, 0.25) is 5.91 Å². The topological polar surface area (TPSA) is 84.2 Å². The number of rotatable bonds is 7. The van der Waals surface area contributed by atoms with Gasteiger partial charge in [0.1, 0.15) is 11.6 Å². The van der Waals surface area contributed by atoms with Crippen LogP contribution in [-0.4, -0.2) is 31.4 Å². The maximum Gasteiger partial charge on any atom is 0.254 e. The molecule has 1 aromatic rings. The number of amides is 2. The summed E-state index contributed by atoms with van der Waals surface area (Å²) in [6, 6.07) is 2.74. The second kappa shape index (κ2) is 10.1. The summed E-state index contributed by atoms with van der Waals surface area (Å²) < 4.78 is 26.0. The number of hydrogen-bond donors (Lipinski definition) is 3. The zero-order valence-corrected chi connectivity index (χ0v) is 12.1. The van der Waals surface area contributed by atoms with Crippen molar-refractivity contribution in [1.29, 1.82) is 0 Å². The standard InChI is InChI=1S/C13H17F2N3O2.ClH/c14-9-3-4-10(11(15)8-9)13(20)18-6-1-2-12(19)17-7-5-16;/h3-4,8H,1-2,5-7,16H2,(H,17,19)(H,18,20);1H. The molecule has 8 heteroatoms. The minimum absolute atomic E-state index is 0. The summed E-state index contributed by atoms with van der Waals surface area (Å²) in [5.74, 6) is -2.44. The molecule has 0 aliphatic rings. The molecule has 21 heavy (non-hydrogen) atoms. The number of halogens is 3. The molecule has 0 aliphatic heterocycles. The molecule has 0 atom stereocenters. The molecule has 0 saturated heterocycles. The molecule has 4 N–H and O–H groups in total. The highest BCUT2D eigenvalue weighted by molar-refractivity contribution is 5.94. The Morgan fingerprint density at radius 1 is 1.14 bits per heavy atom. The maximum absolute atomic E-state index is 13.3.